The molecule has 0 spiro atoms. The summed E-state index contributed by atoms with van der Waals surface area (Å²) in [6.07, 6.45) is 6.32. The molecule has 166 valence electrons. The maximum Gasteiger partial charge on any atom is 1.00 e. The summed E-state index contributed by atoms with van der Waals surface area (Å²) in [5.41, 5.74) is 0.323. The van der Waals surface area contributed by atoms with Crippen molar-refractivity contribution in [2.24, 2.45) is 46.3 Å². The summed E-state index contributed by atoms with van der Waals surface area (Å²) in [6.45, 7) is 6.86. The Hall–Kier alpha value is 0.350. The summed E-state index contributed by atoms with van der Waals surface area (Å²) < 4.78 is 0. The van der Waals surface area contributed by atoms with Crippen LogP contribution in [0.25, 0.3) is 0 Å². The predicted molar refractivity (Wildman–Crippen MR) is 107 cm³/mol. The maximum absolute atomic E-state index is 11.2. The molecule has 4 aliphatic carbocycles. The number of hydrogen-bond donors (Lipinski definition) is 3. The van der Waals surface area contributed by atoms with E-state index in [0.717, 1.165) is 51.4 Å². The van der Waals surface area contributed by atoms with Gasteiger partial charge in [0.2, 0.25) is 0 Å². The van der Waals surface area contributed by atoms with Crippen LogP contribution in [-0.2, 0) is 4.79 Å². The van der Waals surface area contributed by atoms with Crippen molar-refractivity contribution < 1.29 is 54.8 Å². The molecule has 0 aromatic rings. The average molecular weight is 431 g/mol. The zero-order valence-electron chi connectivity index (χ0n) is 19.2. The smallest absolute Gasteiger partial charge is 0.547 e. The van der Waals surface area contributed by atoms with Gasteiger partial charge in [-0.25, -0.2) is 0 Å². The van der Waals surface area contributed by atoms with Crippen LogP contribution in [0.3, 0.4) is 0 Å². The van der Waals surface area contributed by atoms with Crippen LogP contribution in [0.1, 0.15) is 78.6 Å². The SMILES string of the molecule is C[C@H](CC(O)C(=O)[O-])[C@H]1CC[C@H]2[C@@H]3[C@H](O)C[C@@H]4C[C@H](O)CC[C@]4(C)[C@H]3CC[C@]12C.[Na+]. The Labute approximate surface area is 203 Å². The van der Waals surface area contributed by atoms with E-state index in [0.29, 0.717) is 29.6 Å². The summed E-state index contributed by atoms with van der Waals surface area (Å²) in [7, 11) is 0. The van der Waals surface area contributed by atoms with E-state index >= 15 is 0 Å². The number of carboxylic acids is 1. The molecular weight excluding hydrogens is 391 g/mol. The standard InChI is InChI=1S/C24H40O5.Na/c1-13(10-20(27)22(28)29)16-4-5-17-21-18(7-9-24(16,17)3)23(2)8-6-15(25)11-14(23)12-19(21)26;/h13-21,25-27H,4-12H2,1-3H3,(H,28,29);/q;+1/p-1/t13-,14+,15-,16-,17+,18+,19-,20?,21+,23+,24-;/m1./s1. The van der Waals surface area contributed by atoms with Crippen molar-refractivity contribution in [3.05, 3.63) is 0 Å². The van der Waals surface area contributed by atoms with Crippen molar-refractivity contribution in [1.82, 2.24) is 0 Å². The molecule has 4 rings (SSSR count). The van der Waals surface area contributed by atoms with Gasteiger partial charge in [0.15, 0.2) is 0 Å². The molecule has 1 unspecified atom stereocenters. The molecule has 30 heavy (non-hydrogen) atoms. The van der Waals surface area contributed by atoms with E-state index in [1.54, 1.807) is 0 Å². The molecule has 0 aliphatic heterocycles. The third kappa shape index (κ3) is 3.94. The molecule has 4 fully saturated rings. The summed E-state index contributed by atoms with van der Waals surface area (Å²) in [4.78, 5) is 11.0. The number of carbonyl (C=O) groups is 1. The van der Waals surface area contributed by atoms with Crippen LogP contribution in [0, 0.1) is 46.3 Å². The second-order valence-electron chi connectivity index (χ2n) is 11.5. The van der Waals surface area contributed by atoms with Crippen molar-refractivity contribution in [3.8, 4) is 0 Å². The Bertz CT molecular complexity index is 643. The first-order valence-corrected chi connectivity index (χ1v) is 11.8. The average Bonchev–Trinajstić information content (AvgIpc) is 3.00. The third-order valence-corrected chi connectivity index (χ3v) is 10.3. The predicted octanol–water partition coefficient (Wildman–Crippen LogP) is -0.882. The molecule has 11 atom stereocenters. The van der Waals surface area contributed by atoms with Gasteiger partial charge in [0, 0.05) is 0 Å². The van der Waals surface area contributed by atoms with Crippen LogP contribution in [0.2, 0.25) is 0 Å². The molecule has 0 aromatic carbocycles. The van der Waals surface area contributed by atoms with Gasteiger partial charge in [0.1, 0.15) is 0 Å². The van der Waals surface area contributed by atoms with E-state index < -0.39 is 12.1 Å². The molecule has 5 nitrogen and oxygen atoms in total. The first kappa shape index (κ1) is 25.0. The van der Waals surface area contributed by atoms with Crippen molar-refractivity contribution in [2.75, 3.05) is 0 Å². The summed E-state index contributed by atoms with van der Waals surface area (Å²) in [5.74, 6) is 0.853. The number of aliphatic carboxylic acids is 1. The normalized spacial score (nSPS) is 49.7. The van der Waals surface area contributed by atoms with E-state index in [1.165, 1.54) is 0 Å². The monoisotopic (exact) mass is 430 g/mol. The van der Waals surface area contributed by atoms with Crippen LogP contribution >= 0.6 is 0 Å². The van der Waals surface area contributed by atoms with Crippen LogP contribution in [0.5, 0.6) is 0 Å². The Morgan fingerprint density at radius 2 is 1.67 bits per heavy atom. The molecule has 0 saturated heterocycles. The Morgan fingerprint density at radius 3 is 2.33 bits per heavy atom. The Morgan fingerprint density at radius 1 is 1.03 bits per heavy atom. The summed E-state index contributed by atoms with van der Waals surface area (Å²) >= 11 is 0. The molecule has 0 radical (unpaired) electrons. The quantitative estimate of drug-likeness (QED) is 0.503. The van der Waals surface area contributed by atoms with Crippen molar-refractivity contribution in [2.45, 2.75) is 96.9 Å². The number of hydrogen-bond acceptors (Lipinski definition) is 5. The molecule has 6 heteroatoms. The first-order chi connectivity index (χ1) is 13.6. The zero-order valence-corrected chi connectivity index (χ0v) is 21.2. The number of carbonyl (C=O) groups excluding carboxylic acids is 1. The molecule has 0 amide bonds. The molecule has 3 N–H and O–H groups in total. The van der Waals surface area contributed by atoms with E-state index in [-0.39, 0.29) is 64.9 Å². The Balaban J connectivity index is 0.00000256. The van der Waals surface area contributed by atoms with Gasteiger partial charge in [-0.2, -0.15) is 0 Å². The summed E-state index contributed by atoms with van der Waals surface area (Å²) in [6, 6.07) is 0. The summed E-state index contributed by atoms with van der Waals surface area (Å²) in [5, 5.41) is 42.3. The minimum absolute atomic E-state index is 0. The van der Waals surface area contributed by atoms with E-state index in [2.05, 4.69) is 20.8 Å². The van der Waals surface area contributed by atoms with E-state index in [1.807, 2.05) is 0 Å². The van der Waals surface area contributed by atoms with E-state index in [4.69, 9.17) is 0 Å². The molecule has 0 heterocycles. The molecule has 4 aliphatic rings. The first-order valence-electron chi connectivity index (χ1n) is 11.8. The number of aliphatic hydroxyl groups excluding tert-OH is 3. The molecule has 4 saturated carbocycles. The van der Waals surface area contributed by atoms with Gasteiger partial charge in [-0.15, -0.1) is 0 Å². The number of aliphatic hydroxyl groups is 3. The number of fused-ring (bicyclic) bond motifs is 5. The number of rotatable bonds is 4. The van der Waals surface area contributed by atoms with Crippen LogP contribution in [0.4, 0.5) is 0 Å². The van der Waals surface area contributed by atoms with Crippen LogP contribution in [0.15, 0.2) is 0 Å². The van der Waals surface area contributed by atoms with Crippen LogP contribution < -0.4 is 34.7 Å². The second kappa shape index (κ2) is 8.95. The molecule has 0 aromatic heterocycles. The number of carboxylic acid groups (broad SMARTS) is 1. The fourth-order valence-electron chi connectivity index (χ4n) is 8.79. The van der Waals surface area contributed by atoms with Gasteiger partial charge < -0.3 is 25.2 Å². The van der Waals surface area contributed by atoms with Crippen molar-refractivity contribution >= 4 is 5.97 Å². The van der Waals surface area contributed by atoms with Crippen molar-refractivity contribution in [1.29, 1.82) is 0 Å². The second-order valence-corrected chi connectivity index (χ2v) is 11.5. The van der Waals surface area contributed by atoms with Crippen LogP contribution in [-0.4, -0.2) is 39.6 Å². The van der Waals surface area contributed by atoms with Gasteiger partial charge in [0.05, 0.1) is 24.3 Å². The molecular formula is C24H39NaO5. The Kier molecular flexibility index (Phi) is 7.45. The van der Waals surface area contributed by atoms with Gasteiger partial charge in [-0.1, -0.05) is 20.8 Å². The third-order valence-electron chi connectivity index (χ3n) is 10.3. The van der Waals surface area contributed by atoms with E-state index in [9.17, 15) is 25.2 Å². The van der Waals surface area contributed by atoms with Gasteiger partial charge in [0.25, 0.3) is 0 Å². The zero-order chi connectivity index (χ0) is 21.1. The molecule has 0 bridgehead atoms. The maximum atomic E-state index is 11.2. The van der Waals surface area contributed by atoms with Gasteiger partial charge >= 0.3 is 29.6 Å². The van der Waals surface area contributed by atoms with Gasteiger partial charge in [-0.05, 0) is 104 Å². The largest absolute Gasteiger partial charge is 1.00 e. The van der Waals surface area contributed by atoms with Crippen molar-refractivity contribution in [3.63, 3.8) is 0 Å². The fourth-order valence-corrected chi connectivity index (χ4v) is 8.79. The van der Waals surface area contributed by atoms with Gasteiger partial charge in [-0.3, -0.25) is 0 Å². The minimum atomic E-state index is -1.39. The fraction of sp³-hybridized carbons (Fsp3) is 0.958. The minimum Gasteiger partial charge on any atom is -0.547 e. The topological polar surface area (TPSA) is 101 Å².